The maximum Gasteiger partial charge on any atom is 0.287 e. The van der Waals surface area contributed by atoms with E-state index in [2.05, 4.69) is 30.3 Å². The number of halogens is 2. The lowest BCUT2D eigenvalue weighted by Gasteiger charge is -2.14. The molecule has 1 saturated heterocycles. The monoisotopic (exact) mass is 387 g/mol. The topological polar surface area (TPSA) is 88.8 Å². The number of aromatic nitrogens is 5. The van der Waals surface area contributed by atoms with Gasteiger partial charge in [0.25, 0.3) is 11.9 Å². The third-order valence-corrected chi connectivity index (χ3v) is 4.54. The van der Waals surface area contributed by atoms with Gasteiger partial charge in [0.05, 0.1) is 10.9 Å². The Morgan fingerprint density at radius 2 is 2.00 bits per heavy atom. The highest BCUT2D eigenvalue weighted by molar-refractivity contribution is 5.95. The first-order chi connectivity index (χ1) is 13.3. The highest BCUT2D eigenvalue weighted by Crippen LogP contribution is 2.31. The molecule has 1 aliphatic rings. The minimum Gasteiger partial charge on any atom is -0.355 e. The van der Waals surface area contributed by atoms with Crippen LogP contribution in [-0.4, -0.2) is 43.7 Å². The minimum atomic E-state index is -3.10. The van der Waals surface area contributed by atoms with E-state index in [0.717, 1.165) is 38.2 Å². The van der Waals surface area contributed by atoms with Crippen molar-refractivity contribution in [2.24, 2.45) is 0 Å². The summed E-state index contributed by atoms with van der Waals surface area (Å²) in [6.07, 6.45) is 5.02. The van der Waals surface area contributed by atoms with Crippen molar-refractivity contribution in [3.63, 3.8) is 0 Å². The summed E-state index contributed by atoms with van der Waals surface area (Å²) in [6.45, 7) is 3.88. The van der Waals surface area contributed by atoms with Crippen LogP contribution in [0.25, 0.3) is 16.9 Å². The maximum atomic E-state index is 13.7. The Kier molecular flexibility index (Phi) is 4.40. The Morgan fingerprint density at radius 1 is 1.25 bits per heavy atom. The maximum absolute atomic E-state index is 13.7. The Morgan fingerprint density at radius 3 is 2.68 bits per heavy atom. The van der Waals surface area contributed by atoms with Crippen molar-refractivity contribution in [3.8, 4) is 5.95 Å². The van der Waals surface area contributed by atoms with Crippen molar-refractivity contribution in [2.45, 2.75) is 32.6 Å². The Bertz CT molecular complexity index is 1040. The van der Waals surface area contributed by atoms with Gasteiger partial charge in [-0.15, -0.1) is 5.10 Å². The molecule has 0 atom stereocenters. The molecule has 0 radical (unpaired) electrons. The van der Waals surface area contributed by atoms with Gasteiger partial charge >= 0.3 is 0 Å². The molecule has 10 heteroatoms. The van der Waals surface area contributed by atoms with Crippen LogP contribution in [0.1, 0.15) is 32.4 Å². The summed E-state index contributed by atoms with van der Waals surface area (Å²) < 4.78 is 28.9. The van der Waals surface area contributed by atoms with Crippen LogP contribution in [0.5, 0.6) is 0 Å². The highest BCUT2D eigenvalue weighted by atomic mass is 19.3. The minimum absolute atomic E-state index is 0.0365. The molecule has 0 unspecified atom stereocenters. The van der Waals surface area contributed by atoms with Gasteiger partial charge in [0.2, 0.25) is 5.91 Å². The number of carbonyl (C=O) groups is 1. The van der Waals surface area contributed by atoms with Crippen LogP contribution in [-0.2, 0) is 10.7 Å². The van der Waals surface area contributed by atoms with E-state index in [1.165, 1.54) is 23.9 Å². The molecule has 4 rings (SSSR count). The second kappa shape index (κ2) is 6.77. The number of nitrogens with one attached hydrogen (secondary N) is 1. The van der Waals surface area contributed by atoms with Crippen LogP contribution >= 0.6 is 0 Å². The Hall–Kier alpha value is -3.17. The van der Waals surface area contributed by atoms with Crippen molar-refractivity contribution in [1.82, 2.24) is 24.7 Å². The van der Waals surface area contributed by atoms with Crippen molar-refractivity contribution < 1.29 is 13.6 Å². The van der Waals surface area contributed by atoms with Gasteiger partial charge in [0, 0.05) is 45.4 Å². The lowest BCUT2D eigenvalue weighted by molar-refractivity contribution is -0.114. The van der Waals surface area contributed by atoms with Crippen LogP contribution in [0.15, 0.2) is 24.5 Å². The smallest absolute Gasteiger partial charge is 0.287 e. The second-order valence-electron chi connectivity index (χ2n) is 6.83. The van der Waals surface area contributed by atoms with Gasteiger partial charge < -0.3 is 10.2 Å². The number of nitrogens with zero attached hydrogens (tertiary/aromatic N) is 6. The van der Waals surface area contributed by atoms with E-state index in [1.54, 1.807) is 12.3 Å². The number of hydrogen-bond donors (Lipinski definition) is 1. The molecular weight excluding hydrogens is 368 g/mol. The number of anilines is 2. The zero-order valence-electron chi connectivity index (χ0n) is 15.5. The van der Waals surface area contributed by atoms with E-state index in [-0.39, 0.29) is 17.5 Å². The molecule has 1 N–H and O–H groups in total. The first kappa shape index (κ1) is 18.2. The molecule has 0 aliphatic carbocycles. The van der Waals surface area contributed by atoms with Crippen LogP contribution < -0.4 is 10.2 Å². The molecule has 3 aromatic rings. The lowest BCUT2D eigenvalue weighted by atomic mass is 10.2. The lowest BCUT2D eigenvalue weighted by Crippen LogP contribution is -2.19. The number of rotatable bonds is 4. The SMILES string of the molecule is CC(=O)Nc1cc2c(cn1)c(N1CCCC1)nn2-c1nccc(C(C)(F)F)n1. The zero-order chi connectivity index (χ0) is 19.9. The first-order valence-electron chi connectivity index (χ1n) is 8.96. The van der Waals surface area contributed by atoms with Crippen molar-refractivity contribution >= 4 is 28.4 Å². The van der Waals surface area contributed by atoms with Crippen molar-refractivity contribution in [3.05, 3.63) is 30.2 Å². The molecule has 28 heavy (non-hydrogen) atoms. The van der Waals surface area contributed by atoms with Crippen molar-refractivity contribution in [1.29, 1.82) is 0 Å². The second-order valence-corrected chi connectivity index (χ2v) is 6.83. The molecule has 3 aromatic heterocycles. The number of fused-ring (bicyclic) bond motifs is 1. The predicted molar refractivity (Wildman–Crippen MR) is 99.8 cm³/mol. The average molecular weight is 387 g/mol. The number of hydrogen-bond acceptors (Lipinski definition) is 6. The zero-order valence-corrected chi connectivity index (χ0v) is 15.5. The van der Waals surface area contributed by atoms with Gasteiger partial charge in [-0.1, -0.05) is 0 Å². The summed E-state index contributed by atoms with van der Waals surface area (Å²) in [5.41, 5.74) is 0.192. The summed E-state index contributed by atoms with van der Waals surface area (Å²) >= 11 is 0. The summed E-state index contributed by atoms with van der Waals surface area (Å²) in [5, 5.41) is 7.97. The van der Waals surface area contributed by atoms with Gasteiger partial charge in [-0.25, -0.2) is 15.0 Å². The van der Waals surface area contributed by atoms with Gasteiger partial charge in [-0.2, -0.15) is 13.5 Å². The molecule has 0 spiro atoms. The molecule has 0 bridgehead atoms. The van der Waals surface area contributed by atoms with Gasteiger partial charge in [0.15, 0.2) is 5.82 Å². The van der Waals surface area contributed by atoms with Gasteiger partial charge in [-0.3, -0.25) is 4.79 Å². The normalized spacial score (nSPS) is 14.6. The van der Waals surface area contributed by atoms with Crippen molar-refractivity contribution in [2.75, 3.05) is 23.3 Å². The summed E-state index contributed by atoms with van der Waals surface area (Å²) in [6, 6.07) is 2.82. The molecule has 0 aromatic carbocycles. The van der Waals surface area contributed by atoms with E-state index in [1.807, 2.05) is 0 Å². The fourth-order valence-corrected chi connectivity index (χ4v) is 3.25. The van der Waals surface area contributed by atoms with E-state index in [4.69, 9.17) is 0 Å². The predicted octanol–water partition coefficient (Wildman–Crippen LogP) is 2.88. The summed E-state index contributed by atoms with van der Waals surface area (Å²) in [5.74, 6) is -2.28. The van der Waals surface area contributed by atoms with E-state index in [0.29, 0.717) is 17.2 Å². The molecular formula is C18H19F2N7O. The highest BCUT2D eigenvalue weighted by Gasteiger charge is 2.28. The molecule has 4 heterocycles. The van der Waals surface area contributed by atoms with Crippen LogP contribution in [0.4, 0.5) is 20.4 Å². The van der Waals surface area contributed by atoms with E-state index in [9.17, 15) is 13.6 Å². The third-order valence-electron chi connectivity index (χ3n) is 4.54. The van der Waals surface area contributed by atoms with Crippen LogP contribution in [0, 0.1) is 0 Å². The Balaban J connectivity index is 1.89. The van der Waals surface area contributed by atoms with Crippen LogP contribution in [0.2, 0.25) is 0 Å². The first-order valence-corrected chi connectivity index (χ1v) is 8.96. The molecule has 1 fully saturated rings. The Labute approximate surface area is 159 Å². The fourth-order valence-electron chi connectivity index (χ4n) is 3.25. The number of pyridine rings is 1. The number of carbonyl (C=O) groups excluding carboxylic acids is 1. The van der Waals surface area contributed by atoms with Crippen LogP contribution in [0.3, 0.4) is 0 Å². The molecule has 1 aliphatic heterocycles. The van der Waals surface area contributed by atoms with Gasteiger partial charge in [0.1, 0.15) is 11.5 Å². The fraction of sp³-hybridized carbons (Fsp3) is 0.389. The molecule has 8 nitrogen and oxygen atoms in total. The standard InChI is InChI=1S/C18H19F2N7O/c1-11(28)23-15-9-13-12(10-22-15)16(26-7-3-4-8-26)25-27(13)17-21-6-5-14(24-17)18(2,19)20/h5-6,9-10H,3-4,7-8H2,1-2H3,(H,22,23,28). The average Bonchev–Trinajstić information content (AvgIpc) is 3.28. The molecule has 0 saturated carbocycles. The third kappa shape index (κ3) is 3.37. The largest absolute Gasteiger partial charge is 0.355 e. The molecule has 146 valence electrons. The number of amides is 1. The summed E-state index contributed by atoms with van der Waals surface area (Å²) in [7, 11) is 0. The van der Waals surface area contributed by atoms with Gasteiger partial charge in [-0.05, 0) is 18.9 Å². The van der Waals surface area contributed by atoms with E-state index < -0.39 is 5.92 Å². The van der Waals surface area contributed by atoms with E-state index >= 15 is 0 Å². The number of alkyl halides is 2. The molecule has 1 amide bonds. The summed E-state index contributed by atoms with van der Waals surface area (Å²) in [4.78, 5) is 25.9. The quantitative estimate of drug-likeness (QED) is 0.741.